The number of halogens is 4. The highest BCUT2D eigenvalue weighted by atomic mass is 35.5. The molecule has 6 nitrogen and oxygen atoms in total. The summed E-state index contributed by atoms with van der Waals surface area (Å²) in [6, 6.07) is 8.85. The zero-order valence-corrected chi connectivity index (χ0v) is 15.3. The zero-order chi connectivity index (χ0) is 19.9. The van der Waals surface area contributed by atoms with Crippen LogP contribution in [0.3, 0.4) is 0 Å². The Kier molecular flexibility index (Phi) is 4.52. The first-order valence-corrected chi connectivity index (χ1v) is 8.56. The number of nitrogens with one attached hydrogen (secondary N) is 1. The molecule has 3 aromatic rings. The molecule has 1 aromatic carbocycles. The second kappa shape index (κ2) is 6.88. The largest absolute Gasteiger partial charge is 0.586 e. The van der Waals surface area contributed by atoms with Crippen molar-refractivity contribution in [2.75, 3.05) is 5.32 Å². The van der Waals surface area contributed by atoms with Gasteiger partial charge in [0, 0.05) is 29.6 Å². The van der Waals surface area contributed by atoms with Crippen LogP contribution in [0.25, 0.3) is 11.1 Å². The van der Waals surface area contributed by atoms with Crippen molar-refractivity contribution in [2.24, 2.45) is 0 Å². The van der Waals surface area contributed by atoms with Gasteiger partial charge in [0.1, 0.15) is 11.0 Å². The Labute approximate surface area is 167 Å². The monoisotopic (exact) mass is 423 g/mol. The van der Waals surface area contributed by atoms with Crippen LogP contribution in [-0.4, -0.2) is 22.2 Å². The highest BCUT2D eigenvalue weighted by molar-refractivity contribution is 6.34. The predicted octanol–water partition coefficient (Wildman–Crippen LogP) is 5.02. The van der Waals surface area contributed by atoms with Gasteiger partial charge in [0.05, 0.1) is 10.6 Å². The number of hydrogen-bond donors (Lipinski definition) is 1. The molecule has 1 N–H and O–H groups in total. The van der Waals surface area contributed by atoms with Crippen LogP contribution in [0.2, 0.25) is 10.2 Å². The third-order valence-corrected chi connectivity index (χ3v) is 4.42. The molecular weight excluding hydrogens is 415 g/mol. The number of aromatic nitrogens is 2. The van der Waals surface area contributed by atoms with Crippen molar-refractivity contribution >= 4 is 34.9 Å². The van der Waals surface area contributed by atoms with Crippen LogP contribution in [0.5, 0.6) is 11.5 Å². The minimum absolute atomic E-state index is 0.0700. The van der Waals surface area contributed by atoms with Gasteiger partial charge in [0.15, 0.2) is 11.5 Å². The van der Waals surface area contributed by atoms with Crippen molar-refractivity contribution in [3.05, 3.63) is 64.5 Å². The van der Waals surface area contributed by atoms with Crippen LogP contribution in [0, 0.1) is 0 Å². The molecule has 0 bridgehead atoms. The number of pyridine rings is 2. The van der Waals surface area contributed by atoms with Crippen molar-refractivity contribution < 1.29 is 23.0 Å². The summed E-state index contributed by atoms with van der Waals surface area (Å²) in [7, 11) is 0. The summed E-state index contributed by atoms with van der Waals surface area (Å²) < 4.78 is 35.2. The van der Waals surface area contributed by atoms with Gasteiger partial charge in [-0.25, -0.2) is 9.97 Å². The summed E-state index contributed by atoms with van der Waals surface area (Å²) in [6.07, 6.45) is -0.830. The number of fused-ring (bicyclic) bond motifs is 1. The molecule has 142 valence electrons. The van der Waals surface area contributed by atoms with E-state index >= 15 is 0 Å². The number of rotatable bonds is 3. The summed E-state index contributed by atoms with van der Waals surface area (Å²) in [4.78, 5) is 20.2. The smallest absolute Gasteiger partial charge is 0.395 e. The van der Waals surface area contributed by atoms with Crippen LogP contribution in [0.15, 0.2) is 48.8 Å². The molecule has 1 aliphatic heterocycles. The fourth-order valence-electron chi connectivity index (χ4n) is 2.56. The van der Waals surface area contributed by atoms with E-state index < -0.39 is 12.2 Å². The minimum atomic E-state index is -3.73. The van der Waals surface area contributed by atoms with Gasteiger partial charge < -0.3 is 14.8 Å². The SMILES string of the molecule is O=C(Nc1ccc(-c2cc3c(cc2Cl)OC(F)(F)O3)cn1)c1cccnc1Cl. The summed E-state index contributed by atoms with van der Waals surface area (Å²) in [5.74, 6) is -0.490. The molecule has 3 heterocycles. The summed E-state index contributed by atoms with van der Waals surface area (Å²) in [6.45, 7) is 0. The molecule has 0 spiro atoms. The van der Waals surface area contributed by atoms with Gasteiger partial charge in [-0.05, 0) is 30.3 Å². The second-order valence-electron chi connectivity index (χ2n) is 5.67. The molecular formula is C18H9Cl2F2N3O3. The van der Waals surface area contributed by atoms with E-state index in [1.165, 1.54) is 36.7 Å². The van der Waals surface area contributed by atoms with Crippen molar-refractivity contribution in [1.29, 1.82) is 0 Å². The van der Waals surface area contributed by atoms with Crippen molar-refractivity contribution in [3.63, 3.8) is 0 Å². The third-order valence-electron chi connectivity index (χ3n) is 3.81. The maximum absolute atomic E-state index is 13.2. The second-order valence-corrected chi connectivity index (χ2v) is 6.44. The molecule has 1 amide bonds. The minimum Gasteiger partial charge on any atom is -0.395 e. The molecule has 0 radical (unpaired) electrons. The first-order chi connectivity index (χ1) is 13.3. The highest BCUT2D eigenvalue weighted by Gasteiger charge is 2.43. The first kappa shape index (κ1) is 18.4. The van der Waals surface area contributed by atoms with E-state index in [2.05, 4.69) is 24.8 Å². The lowest BCUT2D eigenvalue weighted by atomic mass is 10.1. The third kappa shape index (κ3) is 3.56. The molecule has 0 fully saturated rings. The van der Waals surface area contributed by atoms with Gasteiger partial charge in [-0.1, -0.05) is 23.2 Å². The predicted molar refractivity (Wildman–Crippen MR) is 98.1 cm³/mol. The molecule has 0 aliphatic carbocycles. The lowest BCUT2D eigenvalue weighted by Crippen LogP contribution is -2.25. The number of carbonyl (C=O) groups excluding carboxylic acids is 1. The Balaban J connectivity index is 1.56. The topological polar surface area (TPSA) is 73.3 Å². The summed E-state index contributed by atoms with van der Waals surface area (Å²) >= 11 is 12.0. The van der Waals surface area contributed by atoms with Gasteiger partial charge >= 0.3 is 6.29 Å². The molecule has 2 aromatic heterocycles. The molecule has 0 saturated heterocycles. The number of alkyl halides is 2. The van der Waals surface area contributed by atoms with Crippen molar-refractivity contribution in [2.45, 2.75) is 6.29 Å². The number of ether oxygens (including phenoxy) is 2. The fourth-order valence-corrected chi connectivity index (χ4v) is 3.03. The van der Waals surface area contributed by atoms with Crippen LogP contribution in [0.1, 0.15) is 10.4 Å². The van der Waals surface area contributed by atoms with E-state index in [1.807, 2.05) is 0 Å². The molecule has 0 atom stereocenters. The van der Waals surface area contributed by atoms with E-state index in [0.717, 1.165) is 0 Å². The van der Waals surface area contributed by atoms with Crippen molar-refractivity contribution in [3.8, 4) is 22.6 Å². The average molecular weight is 424 g/mol. The van der Waals surface area contributed by atoms with Gasteiger partial charge in [-0.15, -0.1) is 8.78 Å². The lowest BCUT2D eigenvalue weighted by molar-refractivity contribution is -0.286. The summed E-state index contributed by atoms with van der Waals surface area (Å²) in [5.41, 5.74) is 1.15. The van der Waals surface area contributed by atoms with E-state index in [4.69, 9.17) is 23.2 Å². The number of nitrogens with zero attached hydrogens (tertiary/aromatic N) is 2. The highest BCUT2D eigenvalue weighted by Crippen LogP contribution is 2.46. The van der Waals surface area contributed by atoms with Gasteiger partial charge in [-0.2, -0.15) is 0 Å². The molecule has 10 heteroatoms. The maximum Gasteiger partial charge on any atom is 0.586 e. The van der Waals surface area contributed by atoms with Gasteiger partial charge in [0.2, 0.25) is 0 Å². The Bertz CT molecular complexity index is 1080. The lowest BCUT2D eigenvalue weighted by Gasteiger charge is -2.08. The number of carbonyl (C=O) groups is 1. The molecule has 28 heavy (non-hydrogen) atoms. The van der Waals surface area contributed by atoms with E-state index in [0.29, 0.717) is 11.1 Å². The number of benzene rings is 1. The maximum atomic E-state index is 13.2. The Hall–Kier alpha value is -2.97. The zero-order valence-electron chi connectivity index (χ0n) is 13.7. The molecule has 4 rings (SSSR count). The van der Waals surface area contributed by atoms with E-state index in [-0.39, 0.29) is 33.1 Å². The van der Waals surface area contributed by atoms with E-state index in [1.54, 1.807) is 12.1 Å². The van der Waals surface area contributed by atoms with Gasteiger partial charge in [0.25, 0.3) is 5.91 Å². The number of hydrogen-bond acceptors (Lipinski definition) is 5. The Morgan fingerprint density at radius 2 is 1.82 bits per heavy atom. The molecule has 1 aliphatic rings. The number of amides is 1. The van der Waals surface area contributed by atoms with Gasteiger partial charge in [-0.3, -0.25) is 4.79 Å². The average Bonchev–Trinajstić information content (AvgIpc) is 2.95. The van der Waals surface area contributed by atoms with Crippen LogP contribution < -0.4 is 14.8 Å². The van der Waals surface area contributed by atoms with E-state index in [9.17, 15) is 13.6 Å². The Morgan fingerprint density at radius 3 is 2.50 bits per heavy atom. The van der Waals surface area contributed by atoms with Crippen LogP contribution in [-0.2, 0) is 0 Å². The van der Waals surface area contributed by atoms with Crippen molar-refractivity contribution in [1.82, 2.24) is 9.97 Å². The quantitative estimate of drug-likeness (QED) is 0.598. The molecule has 0 saturated carbocycles. The van der Waals surface area contributed by atoms with Crippen LogP contribution in [0.4, 0.5) is 14.6 Å². The Morgan fingerprint density at radius 1 is 1.07 bits per heavy atom. The van der Waals surface area contributed by atoms with Crippen LogP contribution >= 0.6 is 23.2 Å². The molecule has 0 unspecified atom stereocenters. The fraction of sp³-hybridized carbons (Fsp3) is 0.0556. The normalized spacial score (nSPS) is 14.0. The standard InChI is InChI=1S/C18H9Cl2F2N3O3/c19-12-7-14-13(27-18(21,22)28-14)6-11(12)9-3-4-15(24-8-9)25-17(26)10-2-1-5-23-16(10)20/h1-8H,(H,24,25,26). The summed E-state index contributed by atoms with van der Waals surface area (Å²) in [5, 5.41) is 2.84. The number of anilines is 1. The first-order valence-electron chi connectivity index (χ1n) is 7.80.